The van der Waals surface area contributed by atoms with Crippen molar-refractivity contribution in [2.75, 3.05) is 18.1 Å². The van der Waals surface area contributed by atoms with E-state index in [2.05, 4.69) is 28.7 Å². The third-order valence-corrected chi connectivity index (χ3v) is 3.36. The highest BCUT2D eigenvalue weighted by Crippen LogP contribution is 2.28. The van der Waals surface area contributed by atoms with E-state index in [1.165, 1.54) is 0 Å². The average molecular weight is 237 g/mol. The van der Waals surface area contributed by atoms with Crippen LogP contribution in [0.4, 0.5) is 5.82 Å². The normalized spacial score (nSPS) is 11.2. The predicted octanol–water partition coefficient (Wildman–Crippen LogP) is 1.90. The molecule has 0 radical (unpaired) electrons. The fourth-order valence-corrected chi connectivity index (χ4v) is 2.55. The van der Waals surface area contributed by atoms with Gasteiger partial charge in [-0.1, -0.05) is 0 Å². The van der Waals surface area contributed by atoms with Gasteiger partial charge >= 0.3 is 0 Å². The molecule has 2 heterocycles. The van der Waals surface area contributed by atoms with Crippen LogP contribution in [0, 0.1) is 0 Å². The zero-order valence-corrected chi connectivity index (χ0v) is 10.2. The smallest absolute Gasteiger partial charge is 0.150 e. The zero-order valence-electron chi connectivity index (χ0n) is 9.42. The highest BCUT2D eigenvalue weighted by Gasteiger charge is 2.15. The van der Waals surface area contributed by atoms with Crippen LogP contribution in [0.5, 0.6) is 0 Å². The van der Waals surface area contributed by atoms with E-state index in [0.29, 0.717) is 12.6 Å². The SMILES string of the molecule is CC(C)N(CCO)c1ncnc2ccsc12. The summed E-state index contributed by atoms with van der Waals surface area (Å²) in [5.74, 6) is 0.920. The molecule has 1 N–H and O–H groups in total. The Bertz CT molecular complexity index is 469. The second-order valence-electron chi connectivity index (χ2n) is 3.84. The first-order chi connectivity index (χ1) is 7.74. The molecule has 0 aromatic carbocycles. The molecule has 2 rings (SSSR count). The third-order valence-electron chi connectivity index (χ3n) is 2.46. The molecule has 2 aromatic heterocycles. The van der Waals surface area contributed by atoms with Gasteiger partial charge in [0.1, 0.15) is 12.1 Å². The number of aliphatic hydroxyl groups is 1. The maximum Gasteiger partial charge on any atom is 0.150 e. The molecule has 0 spiro atoms. The largest absolute Gasteiger partial charge is 0.395 e. The lowest BCUT2D eigenvalue weighted by Crippen LogP contribution is -2.34. The van der Waals surface area contributed by atoms with Gasteiger partial charge in [-0.15, -0.1) is 11.3 Å². The highest BCUT2D eigenvalue weighted by molar-refractivity contribution is 7.17. The van der Waals surface area contributed by atoms with Crippen molar-refractivity contribution in [1.82, 2.24) is 9.97 Å². The van der Waals surface area contributed by atoms with Crippen LogP contribution >= 0.6 is 11.3 Å². The number of aliphatic hydroxyl groups excluding tert-OH is 1. The lowest BCUT2D eigenvalue weighted by Gasteiger charge is -2.27. The number of thiophene rings is 1. The van der Waals surface area contributed by atoms with Crippen LogP contribution in [-0.2, 0) is 0 Å². The van der Waals surface area contributed by atoms with Crippen LogP contribution in [0.15, 0.2) is 17.8 Å². The number of anilines is 1. The van der Waals surface area contributed by atoms with Crippen molar-refractivity contribution in [3.63, 3.8) is 0 Å². The van der Waals surface area contributed by atoms with Crippen molar-refractivity contribution < 1.29 is 5.11 Å². The molecular formula is C11H15N3OS. The van der Waals surface area contributed by atoms with Gasteiger partial charge in [0.15, 0.2) is 0 Å². The fraction of sp³-hybridized carbons (Fsp3) is 0.455. The first-order valence-corrected chi connectivity index (χ1v) is 6.17. The van der Waals surface area contributed by atoms with Gasteiger partial charge < -0.3 is 10.0 Å². The van der Waals surface area contributed by atoms with E-state index in [1.807, 2.05) is 11.4 Å². The van der Waals surface area contributed by atoms with E-state index in [0.717, 1.165) is 16.0 Å². The zero-order chi connectivity index (χ0) is 11.5. The van der Waals surface area contributed by atoms with E-state index >= 15 is 0 Å². The molecule has 0 bridgehead atoms. The standard InChI is InChI=1S/C11H15N3OS/c1-8(2)14(4-5-15)11-10-9(3-6-16-10)12-7-13-11/h3,6-8,15H,4-5H2,1-2H3. The summed E-state index contributed by atoms with van der Waals surface area (Å²) in [5, 5.41) is 11.1. The first-order valence-electron chi connectivity index (χ1n) is 5.29. The topological polar surface area (TPSA) is 49.2 Å². The molecule has 0 aliphatic rings. The Kier molecular flexibility index (Phi) is 3.36. The van der Waals surface area contributed by atoms with Gasteiger partial charge in [-0.3, -0.25) is 0 Å². The van der Waals surface area contributed by atoms with Crippen molar-refractivity contribution >= 4 is 27.4 Å². The van der Waals surface area contributed by atoms with Gasteiger partial charge in [0.25, 0.3) is 0 Å². The van der Waals surface area contributed by atoms with Crippen molar-refractivity contribution in [1.29, 1.82) is 0 Å². The Morgan fingerprint density at radius 1 is 1.44 bits per heavy atom. The second kappa shape index (κ2) is 4.76. The summed E-state index contributed by atoms with van der Waals surface area (Å²) in [6.07, 6.45) is 1.58. The molecule has 0 atom stereocenters. The van der Waals surface area contributed by atoms with E-state index in [9.17, 15) is 0 Å². The predicted molar refractivity (Wildman–Crippen MR) is 67.0 cm³/mol. The summed E-state index contributed by atoms with van der Waals surface area (Å²) in [6.45, 7) is 4.92. The van der Waals surface area contributed by atoms with Crippen molar-refractivity contribution in [2.45, 2.75) is 19.9 Å². The van der Waals surface area contributed by atoms with E-state index in [4.69, 9.17) is 5.11 Å². The molecule has 0 aliphatic carbocycles. The van der Waals surface area contributed by atoms with Crippen LogP contribution in [0.2, 0.25) is 0 Å². The minimum atomic E-state index is 0.134. The molecule has 86 valence electrons. The highest BCUT2D eigenvalue weighted by atomic mass is 32.1. The number of hydrogen-bond acceptors (Lipinski definition) is 5. The van der Waals surface area contributed by atoms with Gasteiger partial charge in [0.2, 0.25) is 0 Å². The fourth-order valence-electron chi connectivity index (χ4n) is 1.70. The van der Waals surface area contributed by atoms with Crippen LogP contribution in [0.1, 0.15) is 13.8 Å². The summed E-state index contributed by atoms with van der Waals surface area (Å²) < 4.78 is 1.09. The Morgan fingerprint density at radius 3 is 2.94 bits per heavy atom. The molecule has 2 aromatic rings. The molecule has 16 heavy (non-hydrogen) atoms. The number of nitrogens with zero attached hydrogens (tertiary/aromatic N) is 3. The molecule has 0 saturated heterocycles. The maximum atomic E-state index is 9.09. The number of hydrogen-bond donors (Lipinski definition) is 1. The van der Waals surface area contributed by atoms with Gasteiger partial charge in [-0.25, -0.2) is 9.97 Å². The average Bonchev–Trinajstić information content (AvgIpc) is 2.73. The Labute approximate surface area is 98.6 Å². The van der Waals surface area contributed by atoms with Gasteiger partial charge in [0.05, 0.1) is 16.8 Å². The summed E-state index contributed by atoms with van der Waals surface area (Å²) in [4.78, 5) is 10.6. The van der Waals surface area contributed by atoms with Crippen molar-refractivity contribution in [3.05, 3.63) is 17.8 Å². The van der Waals surface area contributed by atoms with Gasteiger partial charge in [-0.05, 0) is 25.3 Å². The summed E-state index contributed by atoms with van der Waals surface area (Å²) in [6, 6.07) is 2.30. The molecule has 0 amide bonds. The molecule has 0 fully saturated rings. The quantitative estimate of drug-likeness (QED) is 0.882. The Balaban J connectivity index is 2.47. The summed E-state index contributed by atoms with van der Waals surface area (Å²) >= 11 is 1.64. The van der Waals surface area contributed by atoms with E-state index in [-0.39, 0.29) is 6.61 Å². The number of aromatic nitrogens is 2. The third kappa shape index (κ3) is 2.01. The van der Waals surface area contributed by atoms with Crippen molar-refractivity contribution in [2.24, 2.45) is 0 Å². The molecule has 4 nitrogen and oxygen atoms in total. The Hall–Kier alpha value is -1.20. The molecule has 0 unspecified atom stereocenters. The van der Waals surface area contributed by atoms with Gasteiger partial charge in [0, 0.05) is 12.6 Å². The monoisotopic (exact) mass is 237 g/mol. The molecule has 0 saturated carbocycles. The number of fused-ring (bicyclic) bond motifs is 1. The molecule has 5 heteroatoms. The molecule has 0 aliphatic heterocycles. The Morgan fingerprint density at radius 2 is 2.25 bits per heavy atom. The van der Waals surface area contributed by atoms with Crippen molar-refractivity contribution in [3.8, 4) is 0 Å². The second-order valence-corrected chi connectivity index (χ2v) is 4.76. The lowest BCUT2D eigenvalue weighted by molar-refractivity contribution is 0.299. The summed E-state index contributed by atoms with van der Waals surface area (Å²) in [5.41, 5.74) is 0.971. The van der Waals surface area contributed by atoms with Crippen LogP contribution < -0.4 is 4.90 Å². The summed E-state index contributed by atoms with van der Waals surface area (Å²) in [7, 11) is 0. The van der Waals surface area contributed by atoms with Gasteiger partial charge in [-0.2, -0.15) is 0 Å². The minimum absolute atomic E-state index is 0.134. The lowest BCUT2D eigenvalue weighted by atomic mass is 10.3. The maximum absolute atomic E-state index is 9.09. The molecular weight excluding hydrogens is 222 g/mol. The van der Waals surface area contributed by atoms with Crippen LogP contribution in [-0.4, -0.2) is 34.3 Å². The van der Waals surface area contributed by atoms with E-state index in [1.54, 1.807) is 17.7 Å². The van der Waals surface area contributed by atoms with Crippen LogP contribution in [0.25, 0.3) is 10.2 Å². The first kappa shape index (κ1) is 11.3. The number of rotatable bonds is 4. The van der Waals surface area contributed by atoms with Crippen LogP contribution in [0.3, 0.4) is 0 Å². The van der Waals surface area contributed by atoms with E-state index < -0.39 is 0 Å². The minimum Gasteiger partial charge on any atom is -0.395 e.